The second kappa shape index (κ2) is 5.57. The maximum absolute atomic E-state index is 5.62. The van der Waals surface area contributed by atoms with Crippen LogP contribution in [0.25, 0.3) is 11.3 Å². The molecule has 0 saturated heterocycles. The number of nitrogens with two attached hydrogens (primary N) is 1. The first kappa shape index (κ1) is 13.0. The fraction of sp³-hybridized carbons (Fsp3) is 0.438. The lowest BCUT2D eigenvalue weighted by molar-refractivity contribution is 0.412. The van der Waals surface area contributed by atoms with Crippen LogP contribution in [0.1, 0.15) is 43.6 Å². The van der Waals surface area contributed by atoms with Gasteiger partial charge >= 0.3 is 0 Å². The van der Waals surface area contributed by atoms with E-state index in [-0.39, 0.29) is 0 Å². The third-order valence-electron chi connectivity index (χ3n) is 4.10. The molecule has 0 spiro atoms. The molecule has 0 bridgehead atoms. The van der Waals surface area contributed by atoms with Gasteiger partial charge in [0.05, 0.1) is 7.11 Å². The summed E-state index contributed by atoms with van der Waals surface area (Å²) in [6, 6.07) is 8.10. The molecule has 4 heteroatoms. The van der Waals surface area contributed by atoms with Crippen LogP contribution in [0, 0.1) is 0 Å². The molecule has 1 fully saturated rings. The van der Waals surface area contributed by atoms with E-state index < -0.39 is 0 Å². The van der Waals surface area contributed by atoms with Crippen LogP contribution >= 0.6 is 0 Å². The van der Waals surface area contributed by atoms with Crippen LogP contribution in [0.15, 0.2) is 28.8 Å². The zero-order valence-corrected chi connectivity index (χ0v) is 11.8. The van der Waals surface area contributed by atoms with Gasteiger partial charge in [-0.1, -0.05) is 30.5 Å². The van der Waals surface area contributed by atoms with Crippen molar-refractivity contribution in [2.75, 3.05) is 12.8 Å². The van der Waals surface area contributed by atoms with Crippen molar-refractivity contribution in [3.05, 3.63) is 29.8 Å². The van der Waals surface area contributed by atoms with E-state index in [1.54, 1.807) is 13.2 Å². The van der Waals surface area contributed by atoms with Crippen molar-refractivity contribution in [3.63, 3.8) is 0 Å². The topological polar surface area (TPSA) is 61.3 Å². The summed E-state index contributed by atoms with van der Waals surface area (Å²) in [5.41, 5.74) is 8.67. The van der Waals surface area contributed by atoms with Gasteiger partial charge in [-0.3, -0.25) is 0 Å². The molecule has 1 aromatic heterocycles. The number of anilines is 1. The minimum Gasteiger partial charge on any atom is -0.496 e. The highest BCUT2D eigenvalue weighted by atomic mass is 16.5. The van der Waals surface area contributed by atoms with E-state index in [4.69, 9.17) is 15.0 Å². The SMILES string of the molecule is COc1ccc(C2CCCCC2)cc1-c1cc(N)on1. The van der Waals surface area contributed by atoms with E-state index >= 15 is 0 Å². The molecule has 1 saturated carbocycles. The lowest BCUT2D eigenvalue weighted by Crippen LogP contribution is -2.04. The molecule has 1 aliphatic rings. The summed E-state index contributed by atoms with van der Waals surface area (Å²) < 4.78 is 10.4. The number of aromatic nitrogens is 1. The van der Waals surface area contributed by atoms with E-state index in [9.17, 15) is 0 Å². The number of methoxy groups -OCH3 is 1. The van der Waals surface area contributed by atoms with Crippen molar-refractivity contribution < 1.29 is 9.26 Å². The number of rotatable bonds is 3. The zero-order valence-electron chi connectivity index (χ0n) is 11.8. The number of hydrogen-bond donors (Lipinski definition) is 1. The maximum atomic E-state index is 5.62. The van der Waals surface area contributed by atoms with Crippen LogP contribution in [-0.4, -0.2) is 12.3 Å². The standard InChI is InChI=1S/C16H20N2O2/c1-19-15-8-7-12(11-5-3-2-4-6-11)9-13(15)14-10-16(17)20-18-14/h7-11H,2-6,17H2,1H3. The Balaban J connectivity index is 1.98. The molecule has 0 amide bonds. The van der Waals surface area contributed by atoms with Gasteiger partial charge < -0.3 is 15.0 Å². The van der Waals surface area contributed by atoms with Gasteiger partial charge in [-0.05, 0) is 36.5 Å². The molecule has 1 aromatic carbocycles. The fourth-order valence-corrected chi connectivity index (χ4v) is 3.03. The molecule has 0 unspecified atom stereocenters. The summed E-state index contributed by atoms with van der Waals surface area (Å²) in [4.78, 5) is 0. The molecule has 3 rings (SSSR count). The number of nitrogen functional groups attached to an aromatic ring is 1. The molecule has 1 aliphatic carbocycles. The van der Waals surface area contributed by atoms with Gasteiger partial charge in [-0.25, -0.2) is 0 Å². The van der Waals surface area contributed by atoms with E-state index in [1.165, 1.54) is 37.7 Å². The minimum atomic E-state index is 0.324. The van der Waals surface area contributed by atoms with Crippen LogP contribution in [0.2, 0.25) is 0 Å². The third-order valence-corrected chi connectivity index (χ3v) is 4.10. The first-order valence-electron chi connectivity index (χ1n) is 7.18. The van der Waals surface area contributed by atoms with Gasteiger partial charge in [0, 0.05) is 11.6 Å². The molecule has 0 atom stereocenters. The lowest BCUT2D eigenvalue weighted by atomic mass is 9.83. The number of nitrogens with zero attached hydrogens (tertiary/aromatic N) is 1. The maximum Gasteiger partial charge on any atom is 0.222 e. The largest absolute Gasteiger partial charge is 0.496 e. The van der Waals surface area contributed by atoms with Crippen molar-refractivity contribution in [3.8, 4) is 17.0 Å². The first-order chi connectivity index (χ1) is 9.78. The molecule has 2 N–H and O–H groups in total. The van der Waals surface area contributed by atoms with Gasteiger partial charge in [0.15, 0.2) is 0 Å². The van der Waals surface area contributed by atoms with E-state index in [0.717, 1.165) is 17.0 Å². The summed E-state index contributed by atoms with van der Waals surface area (Å²) in [6.07, 6.45) is 6.55. The molecule has 2 aromatic rings. The third kappa shape index (κ3) is 2.50. The van der Waals surface area contributed by atoms with Crippen molar-refractivity contribution in [2.45, 2.75) is 38.0 Å². The van der Waals surface area contributed by atoms with Crippen molar-refractivity contribution in [2.24, 2.45) is 0 Å². The highest BCUT2D eigenvalue weighted by Crippen LogP contribution is 2.37. The van der Waals surface area contributed by atoms with Crippen molar-refractivity contribution in [1.82, 2.24) is 5.16 Å². The van der Waals surface area contributed by atoms with Crippen LogP contribution in [0.5, 0.6) is 5.75 Å². The predicted molar refractivity (Wildman–Crippen MR) is 78.7 cm³/mol. The fourth-order valence-electron chi connectivity index (χ4n) is 3.03. The Morgan fingerprint density at radius 3 is 2.65 bits per heavy atom. The minimum absolute atomic E-state index is 0.324. The summed E-state index contributed by atoms with van der Waals surface area (Å²) >= 11 is 0. The van der Waals surface area contributed by atoms with Crippen LogP contribution in [0.4, 0.5) is 5.88 Å². The van der Waals surface area contributed by atoms with Crippen molar-refractivity contribution in [1.29, 1.82) is 0 Å². The summed E-state index contributed by atoms with van der Waals surface area (Å²) in [5, 5.41) is 4.00. The number of hydrogen-bond acceptors (Lipinski definition) is 4. The smallest absolute Gasteiger partial charge is 0.222 e. The summed E-state index contributed by atoms with van der Waals surface area (Å²) in [5.74, 6) is 1.78. The van der Waals surface area contributed by atoms with Gasteiger partial charge in [-0.15, -0.1) is 0 Å². The monoisotopic (exact) mass is 272 g/mol. The predicted octanol–water partition coefficient (Wildman–Crippen LogP) is 3.98. The molecule has 0 radical (unpaired) electrons. The normalized spacial score (nSPS) is 16.2. The van der Waals surface area contributed by atoms with Gasteiger partial charge in [-0.2, -0.15) is 0 Å². The Morgan fingerprint density at radius 1 is 1.20 bits per heavy atom. The molecular formula is C16H20N2O2. The molecule has 4 nitrogen and oxygen atoms in total. The van der Waals surface area contributed by atoms with Crippen molar-refractivity contribution >= 4 is 5.88 Å². The quantitative estimate of drug-likeness (QED) is 0.918. The number of ether oxygens (including phenoxy) is 1. The average Bonchev–Trinajstić information content (AvgIpc) is 2.94. The second-order valence-corrected chi connectivity index (χ2v) is 5.41. The highest BCUT2D eigenvalue weighted by molar-refractivity contribution is 5.69. The van der Waals surface area contributed by atoms with Gasteiger partial charge in [0.1, 0.15) is 11.4 Å². The Morgan fingerprint density at radius 2 is 2.00 bits per heavy atom. The summed E-state index contributed by atoms with van der Waals surface area (Å²) in [6.45, 7) is 0. The van der Waals surface area contributed by atoms with Crippen LogP contribution < -0.4 is 10.5 Å². The highest BCUT2D eigenvalue weighted by Gasteiger charge is 2.18. The Kier molecular flexibility index (Phi) is 3.63. The Hall–Kier alpha value is -1.97. The molecule has 20 heavy (non-hydrogen) atoms. The van der Waals surface area contributed by atoms with Crippen LogP contribution in [-0.2, 0) is 0 Å². The Labute approximate surface area is 118 Å². The molecule has 106 valence electrons. The van der Waals surface area contributed by atoms with E-state index in [1.807, 2.05) is 6.07 Å². The number of benzene rings is 1. The molecule has 0 aliphatic heterocycles. The molecular weight excluding hydrogens is 252 g/mol. The Bertz CT molecular complexity index is 586. The second-order valence-electron chi connectivity index (χ2n) is 5.41. The average molecular weight is 272 g/mol. The first-order valence-corrected chi connectivity index (χ1v) is 7.18. The van der Waals surface area contributed by atoms with Gasteiger partial charge in [0.2, 0.25) is 5.88 Å². The lowest BCUT2D eigenvalue weighted by Gasteiger charge is -2.22. The zero-order chi connectivity index (χ0) is 13.9. The molecule has 1 heterocycles. The van der Waals surface area contributed by atoms with Crippen LogP contribution in [0.3, 0.4) is 0 Å². The van der Waals surface area contributed by atoms with E-state index in [2.05, 4.69) is 17.3 Å². The van der Waals surface area contributed by atoms with E-state index in [0.29, 0.717) is 11.8 Å². The summed E-state index contributed by atoms with van der Waals surface area (Å²) in [7, 11) is 1.67. The van der Waals surface area contributed by atoms with Gasteiger partial charge in [0.25, 0.3) is 0 Å².